The van der Waals surface area contributed by atoms with Crippen LogP contribution in [0, 0.1) is 5.92 Å². The molecule has 3 N–H and O–H groups in total. The Hall–Kier alpha value is -1.83. The zero-order valence-electron chi connectivity index (χ0n) is 12.6. The van der Waals surface area contributed by atoms with Gasteiger partial charge in [-0.3, -0.25) is 9.59 Å². The number of piperidine rings is 1. The molecule has 0 radical (unpaired) electrons. The molecule has 0 bridgehead atoms. The fourth-order valence-corrected chi connectivity index (χ4v) is 2.34. The van der Waals surface area contributed by atoms with E-state index in [1.165, 1.54) is 0 Å². The molecule has 0 aromatic carbocycles. The maximum Gasteiger partial charge on any atom is 0.322 e. The van der Waals surface area contributed by atoms with E-state index >= 15 is 0 Å². The van der Waals surface area contributed by atoms with E-state index in [0.29, 0.717) is 19.0 Å². The van der Waals surface area contributed by atoms with Crippen LogP contribution in [0.15, 0.2) is 0 Å². The van der Waals surface area contributed by atoms with Gasteiger partial charge in [-0.25, -0.2) is 4.79 Å². The number of nitrogens with one attached hydrogen (secondary N) is 2. The summed E-state index contributed by atoms with van der Waals surface area (Å²) in [6.45, 7) is 1.74. The van der Waals surface area contributed by atoms with Crippen LogP contribution in [0.4, 0.5) is 4.79 Å². The van der Waals surface area contributed by atoms with Crippen molar-refractivity contribution < 1.29 is 19.5 Å². The van der Waals surface area contributed by atoms with E-state index in [1.54, 1.807) is 4.90 Å². The molecule has 0 saturated carbocycles. The summed E-state index contributed by atoms with van der Waals surface area (Å²) in [7, 11) is 4.07. The smallest absolute Gasteiger partial charge is 0.322 e. The quantitative estimate of drug-likeness (QED) is 0.594. The number of hydrogen-bond acceptors (Lipinski definition) is 4. The number of hydrogen-bond donors (Lipinski definition) is 3. The molecule has 0 aromatic heterocycles. The number of carboxylic acid groups (broad SMARTS) is 1. The number of carboxylic acids is 1. The highest BCUT2D eigenvalue weighted by molar-refractivity contribution is 5.86. The fourth-order valence-electron chi connectivity index (χ4n) is 2.34. The number of urea groups is 1. The van der Waals surface area contributed by atoms with Gasteiger partial charge >= 0.3 is 12.0 Å². The van der Waals surface area contributed by atoms with Gasteiger partial charge in [-0.15, -0.1) is 0 Å². The van der Waals surface area contributed by atoms with Crippen molar-refractivity contribution in [2.75, 3.05) is 46.8 Å². The normalized spacial score (nSPS) is 15.9. The average molecular weight is 300 g/mol. The van der Waals surface area contributed by atoms with Crippen molar-refractivity contribution in [1.29, 1.82) is 0 Å². The summed E-state index contributed by atoms with van der Waals surface area (Å²) in [5.74, 6) is -1.02. The lowest BCUT2D eigenvalue weighted by molar-refractivity contribution is -0.137. The summed E-state index contributed by atoms with van der Waals surface area (Å²) >= 11 is 0. The van der Waals surface area contributed by atoms with Gasteiger partial charge in [0.2, 0.25) is 5.91 Å². The maximum absolute atomic E-state index is 11.9. The summed E-state index contributed by atoms with van der Waals surface area (Å²) in [4.78, 5) is 37.3. The van der Waals surface area contributed by atoms with Crippen LogP contribution < -0.4 is 10.6 Å². The molecular weight excluding hydrogens is 276 g/mol. The zero-order valence-corrected chi connectivity index (χ0v) is 12.6. The largest absolute Gasteiger partial charge is 0.480 e. The Morgan fingerprint density at radius 1 is 1.14 bits per heavy atom. The molecule has 0 aliphatic carbocycles. The first-order valence-electron chi connectivity index (χ1n) is 7.04. The van der Waals surface area contributed by atoms with Crippen molar-refractivity contribution in [3.05, 3.63) is 0 Å². The van der Waals surface area contributed by atoms with Gasteiger partial charge in [0, 0.05) is 19.6 Å². The van der Waals surface area contributed by atoms with Crippen LogP contribution in [0.25, 0.3) is 0 Å². The van der Waals surface area contributed by atoms with Gasteiger partial charge in [0.15, 0.2) is 0 Å². The highest BCUT2D eigenvalue weighted by atomic mass is 16.4. The lowest BCUT2D eigenvalue weighted by Gasteiger charge is -2.33. The van der Waals surface area contributed by atoms with Gasteiger partial charge in [-0.2, -0.15) is 0 Å². The van der Waals surface area contributed by atoms with Gasteiger partial charge in [0.1, 0.15) is 6.54 Å². The summed E-state index contributed by atoms with van der Waals surface area (Å²) in [6.07, 6.45) is 1.91. The second-order valence-electron chi connectivity index (χ2n) is 5.52. The van der Waals surface area contributed by atoms with Gasteiger partial charge in [-0.05, 0) is 32.9 Å². The van der Waals surface area contributed by atoms with E-state index in [0.717, 1.165) is 19.4 Å². The van der Waals surface area contributed by atoms with Crippen molar-refractivity contribution in [2.24, 2.45) is 5.92 Å². The van der Waals surface area contributed by atoms with Gasteiger partial charge in [0.05, 0.1) is 6.54 Å². The molecule has 120 valence electrons. The number of carbonyl (C=O) groups is 3. The summed E-state index contributed by atoms with van der Waals surface area (Å²) in [5.41, 5.74) is 0. The number of carbonyl (C=O) groups excluding carboxylic acids is 2. The Kier molecular flexibility index (Phi) is 6.93. The van der Waals surface area contributed by atoms with Gasteiger partial charge in [-0.1, -0.05) is 0 Å². The SMILES string of the molecule is CN(C)CC1CCN(C(=O)NCC(=O)NCC(=O)O)CC1. The number of nitrogens with zero attached hydrogens (tertiary/aromatic N) is 2. The molecule has 1 rings (SSSR count). The predicted octanol–water partition coefficient (Wildman–Crippen LogP) is -0.830. The van der Waals surface area contributed by atoms with Gasteiger partial charge in [0.25, 0.3) is 0 Å². The third kappa shape index (κ3) is 6.94. The molecule has 8 nitrogen and oxygen atoms in total. The Bertz CT molecular complexity index is 378. The first-order chi connectivity index (χ1) is 9.88. The molecule has 1 saturated heterocycles. The van der Waals surface area contributed by atoms with Crippen LogP contribution in [0.3, 0.4) is 0 Å². The minimum atomic E-state index is -1.11. The molecule has 1 aliphatic heterocycles. The first kappa shape index (κ1) is 17.2. The lowest BCUT2D eigenvalue weighted by atomic mass is 9.97. The molecule has 8 heteroatoms. The molecule has 3 amide bonds. The fraction of sp³-hybridized carbons (Fsp3) is 0.769. The molecule has 1 heterocycles. The molecule has 1 aliphatic rings. The van der Waals surface area contributed by atoms with Crippen molar-refractivity contribution >= 4 is 17.9 Å². The monoisotopic (exact) mass is 300 g/mol. The van der Waals surface area contributed by atoms with Crippen molar-refractivity contribution in [2.45, 2.75) is 12.8 Å². The zero-order chi connectivity index (χ0) is 15.8. The van der Waals surface area contributed by atoms with Crippen LogP contribution in [0.1, 0.15) is 12.8 Å². The predicted molar refractivity (Wildman–Crippen MR) is 76.9 cm³/mol. The van der Waals surface area contributed by atoms with Crippen LogP contribution in [-0.2, 0) is 9.59 Å². The van der Waals surface area contributed by atoms with E-state index < -0.39 is 18.4 Å². The van der Waals surface area contributed by atoms with Crippen molar-refractivity contribution in [3.63, 3.8) is 0 Å². The van der Waals surface area contributed by atoms with Crippen LogP contribution in [0.2, 0.25) is 0 Å². The van der Waals surface area contributed by atoms with Gasteiger partial charge < -0.3 is 25.5 Å². The minimum Gasteiger partial charge on any atom is -0.480 e. The van der Waals surface area contributed by atoms with Crippen molar-refractivity contribution in [3.8, 4) is 0 Å². The Morgan fingerprint density at radius 2 is 1.76 bits per heavy atom. The molecule has 0 spiro atoms. The number of likely N-dealkylation sites (tertiary alicyclic amines) is 1. The second-order valence-corrected chi connectivity index (χ2v) is 5.52. The van der Waals surface area contributed by atoms with Crippen molar-refractivity contribution in [1.82, 2.24) is 20.4 Å². The highest BCUT2D eigenvalue weighted by Crippen LogP contribution is 2.17. The number of amides is 3. The van der Waals surface area contributed by atoms with Crippen LogP contribution in [-0.4, -0.2) is 79.6 Å². The van der Waals surface area contributed by atoms with Crippen LogP contribution in [0.5, 0.6) is 0 Å². The van der Waals surface area contributed by atoms with E-state index in [-0.39, 0.29) is 12.6 Å². The standard InChI is InChI=1S/C13H24N4O4/c1-16(2)9-10-3-5-17(6-4-10)13(21)15-7-11(18)14-8-12(19)20/h10H,3-9H2,1-2H3,(H,14,18)(H,15,21)(H,19,20). The number of rotatable bonds is 6. The minimum absolute atomic E-state index is 0.205. The van der Waals surface area contributed by atoms with E-state index in [2.05, 4.69) is 15.5 Å². The molecule has 0 aromatic rings. The highest BCUT2D eigenvalue weighted by Gasteiger charge is 2.23. The summed E-state index contributed by atoms with van der Waals surface area (Å²) in [5, 5.41) is 13.1. The molecular formula is C13H24N4O4. The molecule has 0 atom stereocenters. The van der Waals surface area contributed by atoms with E-state index in [4.69, 9.17) is 5.11 Å². The van der Waals surface area contributed by atoms with Crippen LogP contribution >= 0.6 is 0 Å². The third-order valence-electron chi connectivity index (χ3n) is 3.36. The van der Waals surface area contributed by atoms with E-state index in [9.17, 15) is 14.4 Å². The summed E-state index contributed by atoms with van der Waals surface area (Å²) < 4.78 is 0. The Labute approximate surface area is 124 Å². The topological polar surface area (TPSA) is 102 Å². The lowest BCUT2D eigenvalue weighted by Crippen LogP contribution is -2.48. The number of aliphatic carboxylic acids is 1. The van der Waals surface area contributed by atoms with E-state index in [1.807, 2.05) is 14.1 Å². The average Bonchev–Trinajstić information content (AvgIpc) is 2.42. The Balaban J connectivity index is 2.22. The first-order valence-corrected chi connectivity index (χ1v) is 7.04. The summed E-state index contributed by atoms with van der Waals surface area (Å²) in [6, 6.07) is -0.274. The second kappa shape index (κ2) is 8.46. The Morgan fingerprint density at radius 3 is 2.29 bits per heavy atom. The molecule has 1 fully saturated rings. The third-order valence-corrected chi connectivity index (χ3v) is 3.36. The molecule has 0 unspecified atom stereocenters. The molecule has 21 heavy (non-hydrogen) atoms. The maximum atomic E-state index is 11.9.